The van der Waals surface area contributed by atoms with E-state index in [2.05, 4.69) is 4.90 Å². The van der Waals surface area contributed by atoms with Gasteiger partial charge in [-0.05, 0) is 61.2 Å². The lowest BCUT2D eigenvalue weighted by molar-refractivity contribution is -0.385. The van der Waals surface area contributed by atoms with Crippen molar-refractivity contribution in [2.75, 3.05) is 24.2 Å². The Morgan fingerprint density at radius 2 is 1.81 bits per heavy atom. The van der Waals surface area contributed by atoms with Gasteiger partial charge in [-0.25, -0.2) is 8.42 Å². The fraction of sp³-hybridized carbons (Fsp3) is 0.308. The highest BCUT2D eigenvalue weighted by Crippen LogP contribution is 2.39. The minimum atomic E-state index is -3.87. The van der Waals surface area contributed by atoms with Crippen LogP contribution >= 0.6 is 0 Å². The second kappa shape index (κ2) is 9.91. The molecule has 0 bridgehead atoms. The SMILES string of the molecule is Cc1cccc(S(=O)(=O)N(c2ccc3c(c2)OCO3)C2CCN(Cc3ccc(O)c([N+](=O)[O-])c3)CC2)c1. The van der Waals surface area contributed by atoms with E-state index < -0.39 is 14.9 Å². The average Bonchev–Trinajstić information content (AvgIpc) is 3.34. The molecular weight excluding hydrogens is 498 g/mol. The Morgan fingerprint density at radius 3 is 2.54 bits per heavy atom. The molecule has 0 amide bonds. The van der Waals surface area contributed by atoms with E-state index in [9.17, 15) is 23.6 Å². The highest BCUT2D eigenvalue weighted by Gasteiger charge is 2.35. The van der Waals surface area contributed by atoms with E-state index in [-0.39, 0.29) is 29.2 Å². The fourth-order valence-electron chi connectivity index (χ4n) is 4.84. The second-order valence-electron chi connectivity index (χ2n) is 9.24. The molecule has 1 saturated heterocycles. The topological polar surface area (TPSA) is 122 Å². The molecule has 3 aromatic rings. The predicted molar refractivity (Wildman–Crippen MR) is 136 cm³/mol. The smallest absolute Gasteiger partial charge is 0.311 e. The first-order valence-corrected chi connectivity index (χ1v) is 13.4. The van der Waals surface area contributed by atoms with Crippen molar-refractivity contribution in [3.8, 4) is 17.2 Å². The fourth-order valence-corrected chi connectivity index (χ4v) is 6.65. The molecule has 2 aliphatic heterocycles. The number of phenolic OH excluding ortho intramolecular Hbond substituents is 1. The maximum absolute atomic E-state index is 13.9. The number of nitrogens with zero attached hydrogens (tertiary/aromatic N) is 3. The number of likely N-dealkylation sites (tertiary alicyclic amines) is 1. The summed E-state index contributed by atoms with van der Waals surface area (Å²) >= 11 is 0. The van der Waals surface area contributed by atoms with Gasteiger partial charge in [0.1, 0.15) is 0 Å². The number of nitro groups is 1. The molecule has 1 fully saturated rings. The number of piperidine rings is 1. The molecule has 0 radical (unpaired) electrons. The van der Waals surface area contributed by atoms with Gasteiger partial charge in [0, 0.05) is 37.8 Å². The summed E-state index contributed by atoms with van der Waals surface area (Å²) in [5, 5.41) is 20.9. The predicted octanol–water partition coefficient (Wildman–Crippen LogP) is 4.20. The van der Waals surface area contributed by atoms with Gasteiger partial charge in [-0.2, -0.15) is 0 Å². The molecule has 37 heavy (non-hydrogen) atoms. The van der Waals surface area contributed by atoms with Crippen LogP contribution in [0.15, 0.2) is 65.6 Å². The van der Waals surface area contributed by atoms with E-state index in [4.69, 9.17) is 9.47 Å². The zero-order valence-electron chi connectivity index (χ0n) is 20.2. The first kappa shape index (κ1) is 24.8. The van der Waals surface area contributed by atoms with Crippen LogP contribution in [-0.2, 0) is 16.6 Å². The quantitative estimate of drug-likeness (QED) is 0.360. The summed E-state index contributed by atoms with van der Waals surface area (Å²) in [6.07, 6.45) is 1.14. The van der Waals surface area contributed by atoms with Gasteiger partial charge in [0.25, 0.3) is 10.0 Å². The molecular formula is C26H27N3O7S. The van der Waals surface area contributed by atoms with Gasteiger partial charge >= 0.3 is 5.69 Å². The van der Waals surface area contributed by atoms with Crippen LogP contribution in [0, 0.1) is 17.0 Å². The molecule has 0 unspecified atom stereocenters. The van der Waals surface area contributed by atoms with Crippen LogP contribution in [0.3, 0.4) is 0 Å². The zero-order valence-corrected chi connectivity index (χ0v) is 21.1. The van der Waals surface area contributed by atoms with Crippen molar-refractivity contribution >= 4 is 21.4 Å². The highest BCUT2D eigenvalue weighted by molar-refractivity contribution is 7.92. The Hall–Kier alpha value is -3.83. The van der Waals surface area contributed by atoms with E-state index in [1.54, 1.807) is 42.5 Å². The van der Waals surface area contributed by atoms with Crippen molar-refractivity contribution in [3.63, 3.8) is 0 Å². The number of sulfonamides is 1. The molecule has 2 heterocycles. The largest absolute Gasteiger partial charge is 0.502 e. The maximum Gasteiger partial charge on any atom is 0.311 e. The molecule has 0 saturated carbocycles. The maximum atomic E-state index is 13.9. The molecule has 0 atom stereocenters. The number of aromatic hydroxyl groups is 1. The molecule has 3 aromatic carbocycles. The lowest BCUT2D eigenvalue weighted by Gasteiger charge is -2.39. The number of ether oxygens (including phenoxy) is 2. The first-order chi connectivity index (χ1) is 17.7. The Kier molecular flexibility index (Phi) is 6.65. The van der Waals surface area contributed by atoms with Gasteiger partial charge in [-0.1, -0.05) is 18.2 Å². The lowest BCUT2D eigenvalue weighted by Crippen LogP contribution is -2.47. The third kappa shape index (κ3) is 5.05. The summed E-state index contributed by atoms with van der Waals surface area (Å²) < 4.78 is 40.3. The molecule has 11 heteroatoms. The molecule has 1 N–H and O–H groups in total. The van der Waals surface area contributed by atoms with Crippen LogP contribution in [-0.4, -0.2) is 49.3 Å². The number of rotatable bonds is 7. The van der Waals surface area contributed by atoms with Gasteiger partial charge in [0.15, 0.2) is 17.2 Å². The summed E-state index contributed by atoms with van der Waals surface area (Å²) in [6, 6.07) is 16.1. The van der Waals surface area contributed by atoms with E-state index in [1.165, 1.54) is 16.4 Å². The molecule has 0 spiro atoms. The van der Waals surface area contributed by atoms with Crippen molar-refractivity contribution in [3.05, 3.63) is 81.9 Å². The number of hydrogen-bond donors (Lipinski definition) is 1. The monoisotopic (exact) mass is 525 g/mol. The average molecular weight is 526 g/mol. The summed E-state index contributed by atoms with van der Waals surface area (Å²) in [6.45, 7) is 3.61. The standard InChI is InChI=1S/C26H27N3O7S/c1-18-3-2-4-22(13-18)37(33,34)28(21-6-8-25-26(15-21)36-17-35-25)20-9-11-27(12-10-20)16-19-5-7-24(30)23(14-19)29(31)32/h2-8,13-15,20,30H,9-12,16-17H2,1H3. The number of phenols is 1. The zero-order chi connectivity index (χ0) is 26.2. The molecule has 0 aromatic heterocycles. The number of anilines is 1. The van der Waals surface area contributed by atoms with Crippen LogP contribution in [0.5, 0.6) is 17.2 Å². The molecule has 0 aliphatic carbocycles. The van der Waals surface area contributed by atoms with Crippen molar-refractivity contribution < 1.29 is 27.9 Å². The summed E-state index contributed by atoms with van der Waals surface area (Å²) in [7, 11) is -3.87. The molecule has 194 valence electrons. The van der Waals surface area contributed by atoms with Crippen molar-refractivity contribution in [1.29, 1.82) is 0 Å². The van der Waals surface area contributed by atoms with Crippen LogP contribution in [0.25, 0.3) is 0 Å². The van der Waals surface area contributed by atoms with Gasteiger partial charge in [-0.15, -0.1) is 0 Å². The number of nitro benzene ring substituents is 1. The Balaban J connectivity index is 1.40. The molecule has 2 aliphatic rings. The van der Waals surface area contributed by atoms with Crippen LogP contribution in [0.4, 0.5) is 11.4 Å². The van der Waals surface area contributed by atoms with Crippen molar-refractivity contribution in [1.82, 2.24) is 4.90 Å². The third-order valence-corrected chi connectivity index (χ3v) is 8.56. The minimum Gasteiger partial charge on any atom is -0.502 e. The number of benzene rings is 3. The molecule has 10 nitrogen and oxygen atoms in total. The summed E-state index contributed by atoms with van der Waals surface area (Å²) in [5.41, 5.74) is 1.75. The van der Waals surface area contributed by atoms with E-state index in [1.807, 2.05) is 13.0 Å². The van der Waals surface area contributed by atoms with E-state index >= 15 is 0 Å². The van der Waals surface area contributed by atoms with Crippen LogP contribution in [0.2, 0.25) is 0 Å². The Labute approximate surface area is 214 Å². The Bertz CT molecular complexity index is 1440. The first-order valence-electron chi connectivity index (χ1n) is 11.9. The van der Waals surface area contributed by atoms with Gasteiger partial charge in [0.2, 0.25) is 6.79 Å². The Morgan fingerprint density at radius 1 is 1.05 bits per heavy atom. The third-order valence-electron chi connectivity index (χ3n) is 6.69. The summed E-state index contributed by atoms with van der Waals surface area (Å²) in [5.74, 6) is 0.718. The van der Waals surface area contributed by atoms with Gasteiger partial charge in [0.05, 0.1) is 15.5 Å². The second-order valence-corrected chi connectivity index (χ2v) is 11.1. The van der Waals surface area contributed by atoms with Crippen molar-refractivity contribution in [2.45, 2.75) is 37.2 Å². The summed E-state index contributed by atoms with van der Waals surface area (Å²) in [4.78, 5) is 12.9. The lowest BCUT2D eigenvalue weighted by atomic mass is 10.0. The van der Waals surface area contributed by atoms with E-state index in [0.29, 0.717) is 55.2 Å². The number of fused-ring (bicyclic) bond motifs is 1. The normalized spacial score (nSPS) is 16.0. The van der Waals surface area contributed by atoms with Crippen LogP contribution in [0.1, 0.15) is 24.0 Å². The highest BCUT2D eigenvalue weighted by atomic mass is 32.2. The van der Waals surface area contributed by atoms with Gasteiger partial charge in [-0.3, -0.25) is 19.3 Å². The van der Waals surface area contributed by atoms with Crippen molar-refractivity contribution in [2.24, 2.45) is 0 Å². The number of aryl methyl sites for hydroxylation is 1. The number of hydrogen-bond acceptors (Lipinski definition) is 8. The van der Waals surface area contributed by atoms with E-state index in [0.717, 1.165) is 5.56 Å². The molecule has 5 rings (SSSR count). The van der Waals surface area contributed by atoms with Gasteiger partial charge < -0.3 is 14.6 Å². The van der Waals surface area contributed by atoms with Crippen LogP contribution < -0.4 is 13.8 Å². The minimum absolute atomic E-state index is 0.0945.